The number of carbonyl (C=O) groups is 2. The average Bonchev–Trinajstić information content (AvgIpc) is 3.66. The van der Waals surface area contributed by atoms with Gasteiger partial charge in [0.15, 0.2) is 23.0 Å². The lowest BCUT2D eigenvalue weighted by Crippen LogP contribution is -2.18. The Morgan fingerprint density at radius 2 is 1.12 bits per heavy atom. The Labute approximate surface area is 292 Å². The molecular weight excluding hydrogens is 662 g/mol. The number of halogens is 2. The third-order valence-electron chi connectivity index (χ3n) is 7.61. The van der Waals surface area contributed by atoms with Gasteiger partial charge in [0.05, 0.1) is 30.4 Å². The molecule has 0 aliphatic carbocycles. The van der Waals surface area contributed by atoms with Crippen LogP contribution in [0, 0.1) is 11.6 Å². The highest BCUT2D eigenvalue weighted by Gasteiger charge is 2.25. The van der Waals surface area contributed by atoms with Gasteiger partial charge in [-0.05, 0) is 88.4 Å². The van der Waals surface area contributed by atoms with Crippen LogP contribution in [0.25, 0.3) is 44.6 Å². The van der Waals surface area contributed by atoms with Crippen LogP contribution in [0.5, 0.6) is 23.0 Å². The first-order chi connectivity index (χ1) is 24.5. The molecule has 2 aromatic heterocycles. The van der Waals surface area contributed by atoms with Crippen LogP contribution in [0.2, 0.25) is 0 Å². The first-order valence-corrected chi connectivity index (χ1v) is 16.3. The van der Waals surface area contributed by atoms with Crippen LogP contribution in [0.15, 0.2) is 81.6 Å². The molecule has 12 heteroatoms. The smallest absolute Gasteiger partial charge is 0.255 e. The van der Waals surface area contributed by atoms with Crippen LogP contribution < -0.4 is 24.8 Å². The molecule has 0 saturated heterocycles. The molecule has 0 aliphatic heterocycles. The van der Waals surface area contributed by atoms with E-state index < -0.39 is 0 Å². The third kappa shape index (κ3) is 7.75. The molecule has 2 heterocycles. The summed E-state index contributed by atoms with van der Waals surface area (Å²) in [4.78, 5) is 24.9. The molecule has 0 bridgehead atoms. The maximum absolute atomic E-state index is 13.3. The summed E-state index contributed by atoms with van der Waals surface area (Å²) in [5.41, 5.74) is 2.70. The van der Waals surface area contributed by atoms with E-state index in [1.54, 1.807) is 38.2 Å². The fraction of sp³-hybridized carbons (Fsp3) is 0.231. The summed E-state index contributed by atoms with van der Waals surface area (Å²) in [6.45, 7) is 8.36. The fourth-order valence-corrected chi connectivity index (χ4v) is 5.41. The molecule has 0 aliphatic rings. The summed E-state index contributed by atoms with van der Waals surface area (Å²) in [5.74, 6) is 0.539. The van der Waals surface area contributed by atoms with Gasteiger partial charge in [-0.3, -0.25) is 9.59 Å². The molecule has 0 atom stereocenters. The number of phenolic OH excluding ortho intramolecular Hbond substituents is 1. The van der Waals surface area contributed by atoms with Gasteiger partial charge in [-0.1, -0.05) is 0 Å². The van der Waals surface area contributed by atoms with Crippen LogP contribution in [-0.4, -0.2) is 50.3 Å². The summed E-state index contributed by atoms with van der Waals surface area (Å²) in [6.07, 6.45) is -0.0615. The number of carbonyl (C=O) groups excluding carboxylic acids is 2. The van der Waals surface area contributed by atoms with Gasteiger partial charge in [-0.15, -0.1) is 0 Å². The third-order valence-corrected chi connectivity index (χ3v) is 7.61. The number of phenols is 1. The second kappa shape index (κ2) is 15.7. The van der Waals surface area contributed by atoms with Gasteiger partial charge < -0.3 is 38.8 Å². The maximum Gasteiger partial charge on any atom is 0.255 e. The lowest BCUT2D eigenvalue weighted by Gasteiger charge is -2.14. The monoisotopic (exact) mass is 700 g/mol. The van der Waals surface area contributed by atoms with Crippen molar-refractivity contribution in [1.82, 2.24) is 10.6 Å². The highest BCUT2D eigenvalue weighted by Crippen LogP contribution is 2.41. The molecule has 266 valence electrons. The van der Waals surface area contributed by atoms with E-state index in [2.05, 4.69) is 10.6 Å². The number of ether oxygens (including phenoxy) is 3. The van der Waals surface area contributed by atoms with Crippen molar-refractivity contribution in [3.8, 4) is 45.6 Å². The van der Waals surface area contributed by atoms with E-state index in [1.165, 1.54) is 55.6 Å². The molecule has 3 N–H and O–H groups in total. The van der Waals surface area contributed by atoms with Crippen molar-refractivity contribution in [2.24, 2.45) is 0 Å². The maximum atomic E-state index is 13.3. The predicted molar refractivity (Wildman–Crippen MR) is 190 cm³/mol. The molecule has 0 saturated carbocycles. The van der Waals surface area contributed by atoms with Crippen LogP contribution in [0.3, 0.4) is 0 Å². The van der Waals surface area contributed by atoms with E-state index in [4.69, 9.17) is 23.0 Å². The quantitative estimate of drug-likeness (QED) is 0.130. The first-order valence-electron chi connectivity index (χ1n) is 16.3. The summed E-state index contributed by atoms with van der Waals surface area (Å²) in [5, 5.41) is 16.3. The minimum atomic E-state index is -0.382. The van der Waals surface area contributed by atoms with E-state index >= 15 is 0 Å². The van der Waals surface area contributed by atoms with Crippen molar-refractivity contribution < 1.29 is 46.5 Å². The second-order valence-electron chi connectivity index (χ2n) is 11.4. The minimum Gasteiger partial charge on any atom is -0.504 e. The highest BCUT2D eigenvalue weighted by atomic mass is 19.1. The zero-order valence-electron chi connectivity index (χ0n) is 29.0. The van der Waals surface area contributed by atoms with Gasteiger partial charge in [0.25, 0.3) is 11.8 Å². The molecule has 6 rings (SSSR count). The summed E-state index contributed by atoms with van der Waals surface area (Å²) >= 11 is 0. The molecule has 10 nitrogen and oxygen atoms in total. The number of hydrogen-bond donors (Lipinski definition) is 3. The standard InChI is InChI=1S/C21H22FNO4.C18H16FNO4/c1-5-25-17-11-16-15(10-18(17)26-12(2)3)19(21(24)23-4)20(27-16)13-6-8-14(22)9-7-13;1-3-23-15-9-14-12(8-13(15)21)16(18(22)20-2)17(24-14)10-4-6-11(19)7-5-10/h6-12H,5H2,1-4H3,(H,23,24);4-9,21H,3H2,1-2H3,(H,20,22). The molecule has 0 radical (unpaired) electrons. The molecule has 6 aromatic rings. The average molecular weight is 701 g/mol. The molecule has 2 amide bonds. The Bertz CT molecular complexity index is 2170. The Kier molecular flexibility index (Phi) is 11.1. The van der Waals surface area contributed by atoms with Gasteiger partial charge >= 0.3 is 0 Å². The Morgan fingerprint density at radius 1 is 0.686 bits per heavy atom. The predicted octanol–water partition coefficient (Wildman–Crippen LogP) is 8.49. The van der Waals surface area contributed by atoms with E-state index in [1.807, 2.05) is 20.8 Å². The van der Waals surface area contributed by atoms with Crippen molar-refractivity contribution in [1.29, 1.82) is 0 Å². The molecule has 0 unspecified atom stereocenters. The van der Waals surface area contributed by atoms with Gasteiger partial charge in [-0.25, -0.2) is 8.78 Å². The van der Waals surface area contributed by atoms with E-state index in [0.29, 0.717) is 74.9 Å². The molecular formula is C39H38F2N2O8. The molecule has 51 heavy (non-hydrogen) atoms. The van der Waals surface area contributed by atoms with E-state index in [9.17, 15) is 23.5 Å². The molecule has 4 aromatic carbocycles. The van der Waals surface area contributed by atoms with Gasteiger partial charge in [0.2, 0.25) is 0 Å². The van der Waals surface area contributed by atoms with Crippen LogP contribution in [0.4, 0.5) is 8.78 Å². The fourth-order valence-electron chi connectivity index (χ4n) is 5.41. The van der Waals surface area contributed by atoms with Crippen LogP contribution in [-0.2, 0) is 0 Å². The van der Waals surface area contributed by atoms with Gasteiger partial charge in [0, 0.05) is 48.1 Å². The number of rotatable bonds is 10. The number of hydrogen-bond acceptors (Lipinski definition) is 8. The number of nitrogens with one attached hydrogen (secondary N) is 2. The number of amides is 2. The lowest BCUT2D eigenvalue weighted by molar-refractivity contribution is 0.0956. The Balaban J connectivity index is 0.000000199. The summed E-state index contributed by atoms with van der Waals surface area (Å²) < 4.78 is 55.1. The zero-order chi connectivity index (χ0) is 36.8. The Hall–Kier alpha value is -6.04. The lowest BCUT2D eigenvalue weighted by atomic mass is 10.0. The van der Waals surface area contributed by atoms with E-state index in [-0.39, 0.29) is 46.6 Å². The summed E-state index contributed by atoms with van der Waals surface area (Å²) in [7, 11) is 3.06. The van der Waals surface area contributed by atoms with Crippen molar-refractivity contribution in [2.45, 2.75) is 33.8 Å². The number of benzene rings is 4. The largest absolute Gasteiger partial charge is 0.504 e. The zero-order valence-corrected chi connectivity index (χ0v) is 29.0. The van der Waals surface area contributed by atoms with Crippen LogP contribution >= 0.6 is 0 Å². The van der Waals surface area contributed by atoms with Crippen molar-refractivity contribution in [3.63, 3.8) is 0 Å². The van der Waals surface area contributed by atoms with E-state index in [0.717, 1.165) is 0 Å². The number of fused-ring (bicyclic) bond motifs is 2. The topological polar surface area (TPSA) is 132 Å². The highest BCUT2D eigenvalue weighted by molar-refractivity contribution is 6.12. The van der Waals surface area contributed by atoms with Crippen LogP contribution in [0.1, 0.15) is 48.4 Å². The van der Waals surface area contributed by atoms with Gasteiger partial charge in [-0.2, -0.15) is 0 Å². The van der Waals surface area contributed by atoms with Crippen molar-refractivity contribution in [2.75, 3.05) is 27.3 Å². The first kappa shape index (κ1) is 36.2. The molecule has 0 fully saturated rings. The van der Waals surface area contributed by atoms with Crippen molar-refractivity contribution in [3.05, 3.63) is 95.6 Å². The Morgan fingerprint density at radius 3 is 1.55 bits per heavy atom. The summed E-state index contributed by atoms with van der Waals surface area (Å²) in [6, 6.07) is 17.9. The van der Waals surface area contributed by atoms with Crippen molar-refractivity contribution >= 4 is 33.8 Å². The normalized spacial score (nSPS) is 10.9. The second-order valence-corrected chi connectivity index (χ2v) is 11.4. The molecule has 0 spiro atoms. The number of furan rings is 2. The van der Waals surface area contributed by atoms with Gasteiger partial charge in [0.1, 0.15) is 34.3 Å². The SMILES string of the molecule is CCOc1cc2oc(-c3ccc(F)cc3)c(C(=O)NC)c2cc1O.CCOc1cc2oc(-c3ccc(F)cc3)c(C(=O)NC)c2cc1OC(C)C. The number of aromatic hydroxyl groups is 1. The minimum absolute atomic E-state index is 0.0615.